The van der Waals surface area contributed by atoms with Gasteiger partial charge >= 0.3 is 0 Å². The molecule has 0 atom stereocenters. The number of aryl methyl sites for hydroxylation is 4. The number of hydrogen-bond donors (Lipinski definition) is 2. The maximum Gasteiger partial charge on any atom is 0.259 e. The smallest absolute Gasteiger partial charge is 0.241 e. The normalized spacial score (nSPS) is 14.5. The lowest BCUT2D eigenvalue weighted by Crippen LogP contribution is -2.47. The number of aromatic nitrogens is 4. The molecular weight excluding hydrogens is 272 g/mol. The van der Waals surface area contributed by atoms with Crippen LogP contribution < -0.4 is 9.13 Å². The van der Waals surface area contributed by atoms with Crippen LogP contribution in [0.3, 0.4) is 0 Å². The lowest BCUT2D eigenvalue weighted by Gasteiger charge is -2.06. The van der Waals surface area contributed by atoms with E-state index in [0.29, 0.717) is 0 Å². The highest BCUT2D eigenvalue weighted by Gasteiger charge is 2.26. The van der Waals surface area contributed by atoms with Crippen LogP contribution in [0, 0.1) is 0 Å². The van der Waals surface area contributed by atoms with E-state index in [0.717, 1.165) is 25.9 Å². The third-order valence-corrected chi connectivity index (χ3v) is 4.74. The number of para-hydroxylation sites is 4. The first kappa shape index (κ1) is 12.0. The highest BCUT2D eigenvalue weighted by Crippen LogP contribution is 2.14. The fourth-order valence-electron chi connectivity index (χ4n) is 3.71. The van der Waals surface area contributed by atoms with Gasteiger partial charge in [0, 0.05) is 0 Å². The Morgan fingerprint density at radius 1 is 0.636 bits per heavy atom. The monoisotopic (exact) mass is 290 g/mol. The molecule has 0 saturated carbocycles. The van der Waals surface area contributed by atoms with Crippen molar-refractivity contribution in [3.63, 3.8) is 0 Å². The standard InChI is InChI=1S/C18H16N4/c1-3-7-15-13(5-1)19-17-9-12-22-16-8-4-2-6-14(16)20-18(22)10-11-21(15)17/h1-8H,9-12H2/p+2. The molecule has 0 fully saturated rings. The van der Waals surface area contributed by atoms with Crippen molar-refractivity contribution in [1.29, 1.82) is 0 Å². The third-order valence-electron chi connectivity index (χ3n) is 4.74. The maximum absolute atomic E-state index is 3.59. The van der Waals surface area contributed by atoms with Crippen LogP contribution in [0.15, 0.2) is 48.5 Å². The number of nitrogens with one attached hydrogen (secondary N) is 2. The quantitative estimate of drug-likeness (QED) is 0.465. The fourth-order valence-corrected chi connectivity index (χ4v) is 3.71. The summed E-state index contributed by atoms with van der Waals surface area (Å²) < 4.78 is 4.87. The topological polar surface area (TPSA) is 39.3 Å². The van der Waals surface area contributed by atoms with Crippen LogP contribution in [0.25, 0.3) is 22.1 Å². The lowest BCUT2D eigenvalue weighted by atomic mass is 10.2. The van der Waals surface area contributed by atoms with Crippen molar-refractivity contribution in [3.8, 4) is 0 Å². The van der Waals surface area contributed by atoms with Crippen molar-refractivity contribution in [3.05, 3.63) is 60.2 Å². The number of hydrogen-bond acceptors (Lipinski definition) is 0. The summed E-state index contributed by atoms with van der Waals surface area (Å²) in [6.07, 6.45) is 2.04. The Balaban J connectivity index is 1.65. The number of fused-ring (bicyclic) bond motifs is 6. The Bertz CT molecular complexity index is 911. The Labute approximate surface area is 128 Å². The predicted octanol–water partition coefficient (Wildman–Crippen LogP) is 2.02. The van der Waals surface area contributed by atoms with Gasteiger partial charge < -0.3 is 0 Å². The van der Waals surface area contributed by atoms with Crippen molar-refractivity contribution >= 4 is 22.1 Å². The molecule has 0 aliphatic carbocycles. The highest BCUT2D eigenvalue weighted by molar-refractivity contribution is 5.71. The minimum atomic E-state index is 1.01. The predicted molar refractivity (Wildman–Crippen MR) is 84.4 cm³/mol. The van der Waals surface area contributed by atoms with Crippen LogP contribution in [-0.4, -0.2) is 9.97 Å². The van der Waals surface area contributed by atoms with Crippen molar-refractivity contribution in [1.82, 2.24) is 9.97 Å². The average molecular weight is 290 g/mol. The highest BCUT2D eigenvalue weighted by atomic mass is 15.1. The van der Waals surface area contributed by atoms with Crippen LogP contribution in [0.2, 0.25) is 0 Å². The summed E-state index contributed by atoms with van der Waals surface area (Å²) in [6.45, 7) is 2.01. The molecule has 1 aliphatic rings. The summed E-state index contributed by atoms with van der Waals surface area (Å²) in [5.41, 5.74) is 5.08. The van der Waals surface area contributed by atoms with E-state index in [1.807, 2.05) is 0 Å². The van der Waals surface area contributed by atoms with Gasteiger partial charge in [0.1, 0.15) is 13.1 Å². The molecule has 0 saturated heterocycles. The first-order chi connectivity index (χ1) is 10.9. The van der Waals surface area contributed by atoms with Gasteiger partial charge in [-0.2, -0.15) is 0 Å². The van der Waals surface area contributed by atoms with Gasteiger partial charge in [0.05, 0.1) is 12.8 Å². The Hall–Kier alpha value is -2.62. The second-order valence-electron chi connectivity index (χ2n) is 5.98. The largest absolute Gasteiger partial charge is 0.259 e. The van der Waals surface area contributed by atoms with Gasteiger partial charge in [-0.15, -0.1) is 0 Å². The zero-order chi connectivity index (χ0) is 14.5. The van der Waals surface area contributed by atoms with E-state index in [4.69, 9.17) is 0 Å². The summed E-state index contributed by atoms with van der Waals surface area (Å²) in [5, 5.41) is 0. The van der Waals surface area contributed by atoms with Gasteiger partial charge in [0.15, 0.2) is 22.1 Å². The van der Waals surface area contributed by atoms with E-state index < -0.39 is 0 Å². The molecular formula is C18H18N4+2. The summed E-state index contributed by atoms with van der Waals surface area (Å²) in [5.74, 6) is 2.65. The number of H-pyrrole nitrogens is 2. The summed E-state index contributed by atoms with van der Waals surface area (Å²) in [4.78, 5) is 7.19. The molecule has 5 rings (SSSR count). The first-order valence-corrected chi connectivity index (χ1v) is 7.89. The molecule has 3 heterocycles. The summed E-state index contributed by atoms with van der Waals surface area (Å²) >= 11 is 0. The molecule has 22 heavy (non-hydrogen) atoms. The molecule has 2 aromatic heterocycles. The van der Waals surface area contributed by atoms with E-state index in [1.54, 1.807) is 0 Å². The molecule has 0 amide bonds. The Morgan fingerprint density at radius 2 is 1.09 bits per heavy atom. The second-order valence-corrected chi connectivity index (χ2v) is 5.98. The second kappa shape index (κ2) is 4.44. The minimum Gasteiger partial charge on any atom is -0.241 e. The van der Waals surface area contributed by atoms with Crippen molar-refractivity contribution in [2.45, 2.75) is 25.9 Å². The van der Waals surface area contributed by atoms with Gasteiger partial charge in [-0.3, -0.25) is 0 Å². The molecule has 4 nitrogen and oxygen atoms in total. The minimum absolute atomic E-state index is 1.01. The van der Waals surface area contributed by atoms with E-state index in [9.17, 15) is 0 Å². The van der Waals surface area contributed by atoms with E-state index in [-0.39, 0.29) is 0 Å². The maximum atomic E-state index is 3.59. The number of nitrogens with zero attached hydrogens (tertiary/aromatic N) is 2. The number of aromatic amines is 2. The molecule has 108 valence electrons. The zero-order valence-corrected chi connectivity index (χ0v) is 12.3. The van der Waals surface area contributed by atoms with Crippen molar-refractivity contribution in [2.24, 2.45) is 0 Å². The van der Waals surface area contributed by atoms with Gasteiger partial charge in [0.25, 0.3) is 11.6 Å². The van der Waals surface area contributed by atoms with Gasteiger partial charge in [-0.05, 0) is 24.3 Å². The molecule has 0 radical (unpaired) electrons. The Kier molecular flexibility index (Phi) is 2.41. The van der Waals surface area contributed by atoms with Gasteiger partial charge in [-0.1, -0.05) is 24.3 Å². The lowest BCUT2D eigenvalue weighted by molar-refractivity contribution is -0.716. The van der Waals surface area contributed by atoms with Crippen molar-refractivity contribution in [2.75, 3.05) is 0 Å². The number of benzene rings is 2. The number of rotatable bonds is 0. The molecule has 1 aliphatic heterocycles. The van der Waals surface area contributed by atoms with Crippen LogP contribution in [0.5, 0.6) is 0 Å². The van der Waals surface area contributed by atoms with Crippen LogP contribution in [0.4, 0.5) is 0 Å². The van der Waals surface area contributed by atoms with E-state index in [2.05, 4.69) is 67.6 Å². The molecule has 4 aromatic rings. The molecule has 0 spiro atoms. The molecule has 0 bridgehead atoms. The SMILES string of the molecule is c1ccc2c(c1)[nH]c1[n+]2CCc2[nH]c3ccccc3[n+]2CC1. The molecule has 2 N–H and O–H groups in total. The zero-order valence-electron chi connectivity index (χ0n) is 12.3. The fraction of sp³-hybridized carbons (Fsp3) is 0.222. The first-order valence-electron chi connectivity index (χ1n) is 7.89. The van der Waals surface area contributed by atoms with Crippen LogP contribution in [-0.2, 0) is 25.9 Å². The van der Waals surface area contributed by atoms with Gasteiger partial charge in [-0.25, -0.2) is 19.1 Å². The molecule has 0 unspecified atom stereocenters. The average Bonchev–Trinajstić information content (AvgIpc) is 3.06. The van der Waals surface area contributed by atoms with Crippen LogP contribution >= 0.6 is 0 Å². The summed E-state index contributed by atoms with van der Waals surface area (Å²) in [7, 11) is 0. The third kappa shape index (κ3) is 1.64. The Morgan fingerprint density at radius 3 is 1.59 bits per heavy atom. The van der Waals surface area contributed by atoms with Gasteiger partial charge in [0.2, 0.25) is 0 Å². The van der Waals surface area contributed by atoms with Crippen LogP contribution in [0.1, 0.15) is 11.6 Å². The summed E-state index contributed by atoms with van der Waals surface area (Å²) in [6, 6.07) is 17.2. The van der Waals surface area contributed by atoms with E-state index >= 15 is 0 Å². The molecule has 4 heteroatoms. The number of imidazole rings is 2. The van der Waals surface area contributed by atoms with Crippen molar-refractivity contribution < 1.29 is 9.13 Å². The van der Waals surface area contributed by atoms with E-state index in [1.165, 1.54) is 33.7 Å². The molecule has 2 aromatic carbocycles.